The average Bonchev–Trinajstić information content (AvgIpc) is 2.93. The highest BCUT2D eigenvalue weighted by Gasteiger charge is 2.11. The minimum absolute atomic E-state index is 0.0980. The van der Waals surface area contributed by atoms with Gasteiger partial charge in [0.1, 0.15) is 18.1 Å². The highest BCUT2D eigenvalue weighted by atomic mass is 16.5. The van der Waals surface area contributed by atoms with Gasteiger partial charge in [-0.15, -0.1) is 0 Å². The molecule has 0 aliphatic heterocycles. The summed E-state index contributed by atoms with van der Waals surface area (Å²) in [5.74, 6) is 1.49. The highest BCUT2D eigenvalue weighted by molar-refractivity contribution is 5.42. The van der Waals surface area contributed by atoms with Crippen molar-refractivity contribution >= 4 is 0 Å². The first-order valence-corrected chi connectivity index (χ1v) is 7.11. The molecule has 5 nitrogen and oxygen atoms in total. The lowest BCUT2D eigenvalue weighted by Gasteiger charge is -2.14. The Labute approximate surface area is 125 Å². The summed E-state index contributed by atoms with van der Waals surface area (Å²) in [4.78, 5) is 0. The SMILES string of the molecule is COc1ccc([C@H](C)N)c(OCc2ccn(C(C)C)n2)c1. The van der Waals surface area contributed by atoms with Crippen molar-refractivity contribution in [1.82, 2.24) is 9.78 Å². The van der Waals surface area contributed by atoms with Crippen LogP contribution in [0.2, 0.25) is 0 Å². The molecule has 1 heterocycles. The fourth-order valence-electron chi connectivity index (χ4n) is 2.04. The Morgan fingerprint density at radius 1 is 1.24 bits per heavy atom. The van der Waals surface area contributed by atoms with Gasteiger partial charge in [-0.25, -0.2) is 0 Å². The van der Waals surface area contributed by atoms with Crippen molar-refractivity contribution in [2.24, 2.45) is 5.73 Å². The molecule has 2 rings (SSSR count). The van der Waals surface area contributed by atoms with E-state index in [0.29, 0.717) is 12.6 Å². The van der Waals surface area contributed by atoms with E-state index in [2.05, 4.69) is 18.9 Å². The maximum Gasteiger partial charge on any atom is 0.132 e. The van der Waals surface area contributed by atoms with Crippen LogP contribution < -0.4 is 15.2 Å². The van der Waals surface area contributed by atoms with E-state index in [1.165, 1.54) is 0 Å². The van der Waals surface area contributed by atoms with Crippen molar-refractivity contribution in [3.05, 3.63) is 41.7 Å². The number of ether oxygens (including phenoxy) is 2. The number of aromatic nitrogens is 2. The summed E-state index contributed by atoms with van der Waals surface area (Å²) < 4.78 is 13.0. The van der Waals surface area contributed by atoms with Crippen molar-refractivity contribution < 1.29 is 9.47 Å². The third-order valence-electron chi connectivity index (χ3n) is 3.28. The molecule has 0 aliphatic carbocycles. The second kappa shape index (κ2) is 6.63. The molecule has 2 aromatic rings. The molecule has 21 heavy (non-hydrogen) atoms. The van der Waals surface area contributed by atoms with Crippen LogP contribution in [0.15, 0.2) is 30.5 Å². The van der Waals surface area contributed by atoms with Gasteiger partial charge in [0, 0.05) is 29.9 Å². The summed E-state index contributed by atoms with van der Waals surface area (Å²) in [5.41, 5.74) is 7.83. The molecular weight excluding hydrogens is 266 g/mol. The first-order valence-electron chi connectivity index (χ1n) is 7.11. The number of hydrogen-bond acceptors (Lipinski definition) is 4. The Balaban J connectivity index is 2.14. The molecule has 1 aromatic carbocycles. The molecule has 1 atom stereocenters. The fourth-order valence-corrected chi connectivity index (χ4v) is 2.04. The van der Waals surface area contributed by atoms with Gasteiger partial charge in [0.25, 0.3) is 0 Å². The van der Waals surface area contributed by atoms with Crippen LogP contribution in [0.3, 0.4) is 0 Å². The van der Waals surface area contributed by atoms with Crippen LogP contribution in [-0.4, -0.2) is 16.9 Å². The summed E-state index contributed by atoms with van der Waals surface area (Å²) in [6.45, 7) is 6.52. The van der Waals surface area contributed by atoms with Crippen LogP contribution in [0.1, 0.15) is 44.1 Å². The molecule has 0 fully saturated rings. The largest absolute Gasteiger partial charge is 0.497 e. The molecule has 0 aliphatic rings. The molecule has 0 unspecified atom stereocenters. The van der Waals surface area contributed by atoms with Crippen LogP contribution in [0.5, 0.6) is 11.5 Å². The first kappa shape index (κ1) is 15.4. The quantitative estimate of drug-likeness (QED) is 0.887. The summed E-state index contributed by atoms with van der Waals surface area (Å²) in [6, 6.07) is 7.89. The number of methoxy groups -OCH3 is 1. The molecular formula is C16H23N3O2. The molecule has 0 saturated heterocycles. The average molecular weight is 289 g/mol. The molecule has 0 spiro atoms. The number of nitrogens with two attached hydrogens (primary N) is 1. The summed E-state index contributed by atoms with van der Waals surface area (Å²) in [6.07, 6.45) is 1.96. The Hall–Kier alpha value is -2.01. The van der Waals surface area contributed by atoms with Crippen LogP contribution in [0.25, 0.3) is 0 Å². The normalized spacial score (nSPS) is 12.5. The van der Waals surface area contributed by atoms with Gasteiger partial charge >= 0.3 is 0 Å². The monoisotopic (exact) mass is 289 g/mol. The summed E-state index contributed by atoms with van der Waals surface area (Å²) in [5, 5.41) is 4.47. The molecule has 1 aromatic heterocycles. The van der Waals surface area contributed by atoms with Crippen LogP contribution >= 0.6 is 0 Å². The highest BCUT2D eigenvalue weighted by Crippen LogP contribution is 2.29. The van der Waals surface area contributed by atoms with E-state index in [-0.39, 0.29) is 6.04 Å². The minimum Gasteiger partial charge on any atom is -0.497 e. The van der Waals surface area contributed by atoms with Crippen molar-refractivity contribution in [2.75, 3.05) is 7.11 Å². The molecule has 0 bridgehead atoms. The maximum absolute atomic E-state index is 5.98. The van der Waals surface area contributed by atoms with Crippen LogP contribution in [0.4, 0.5) is 0 Å². The molecule has 5 heteroatoms. The van der Waals surface area contributed by atoms with Gasteiger partial charge in [-0.2, -0.15) is 5.10 Å². The summed E-state index contributed by atoms with van der Waals surface area (Å²) >= 11 is 0. The zero-order valence-electron chi connectivity index (χ0n) is 13.0. The van der Waals surface area contributed by atoms with Crippen molar-refractivity contribution in [3.63, 3.8) is 0 Å². The number of rotatable bonds is 6. The molecule has 0 amide bonds. The zero-order chi connectivity index (χ0) is 15.4. The number of hydrogen-bond donors (Lipinski definition) is 1. The van der Waals surface area contributed by atoms with Crippen molar-refractivity contribution in [2.45, 2.75) is 39.5 Å². The second-order valence-electron chi connectivity index (χ2n) is 5.36. The smallest absolute Gasteiger partial charge is 0.132 e. The Bertz CT molecular complexity index is 591. The Kier molecular flexibility index (Phi) is 4.85. The Morgan fingerprint density at radius 3 is 2.57 bits per heavy atom. The van der Waals surface area contributed by atoms with Gasteiger partial charge in [-0.05, 0) is 32.9 Å². The molecule has 0 saturated carbocycles. The van der Waals surface area contributed by atoms with Crippen molar-refractivity contribution in [3.8, 4) is 11.5 Å². The molecule has 2 N–H and O–H groups in total. The molecule has 0 radical (unpaired) electrons. The van der Waals surface area contributed by atoms with Gasteiger partial charge in [0.05, 0.1) is 12.8 Å². The van der Waals surface area contributed by atoms with Crippen LogP contribution in [0, 0.1) is 0 Å². The van der Waals surface area contributed by atoms with E-state index in [9.17, 15) is 0 Å². The lowest BCUT2D eigenvalue weighted by molar-refractivity contribution is 0.292. The van der Waals surface area contributed by atoms with Gasteiger partial charge in [-0.1, -0.05) is 6.07 Å². The standard InChI is InChI=1S/C16H23N3O2/c1-11(2)19-8-7-13(18-19)10-21-16-9-14(20-4)5-6-15(16)12(3)17/h5-9,11-12H,10,17H2,1-4H3/t12-/m0/s1. The predicted octanol–water partition coefficient (Wildman–Crippen LogP) is 3.07. The number of nitrogens with zero attached hydrogens (tertiary/aromatic N) is 2. The van der Waals surface area contributed by atoms with Gasteiger partial charge in [-0.3, -0.25) is 4.68 Å². The van der Waals surface area contributed by atoms with E-state index < -0.39 is 0 Å². The maximum atomic E-state index is 5.98. The number of benzene rings is 1. The van der Waals surface area contributed by atoms with E-state index in [1.807, 2.05) is 42.1 Å². The van der Waals surface area contributed by atoms with E-state index >= 15 is 0 Å². The summed E-state index contributed by atoms with van der Waals surface area (Å²) in [7, 11) is 1.63. The minimum atomic E-state index is -0.0980. The molecule has 114 valence electrons. The Morgan fingerprint density at radius 2 is 2.00 bits per heavy atom. The second-order valence-corrected chi connectivity index (χ2v) is 5.36. The third-order valence-corrected chi connectivity index (χ3v) is 3.28. The zero-order valence-corrected chi connectivity index (χ0v) is 13.0. The topological polar surface area (TPSA) is 62.3 Å². The lowest BCUT2D eigenvalue weighted by atomic mass is 10.1. The van der Waals surface area contributed by atoms with Gasteiger partial charge in [0.2, 0.25) is 0 Å². The van der Waals surface area contributed by atoms with E-state index in [1.54, 1.807) is 7.11 Å². The van der Waals surface area contributed by atoms with E-state index in [0.717, 1.165) is 22.8 Å². The van der Waals surface area contributed by atoms with Crippen molar-refractivity contribution in [1.29, 1.82) is 0 Å². The van der Waals surface area contributed by atoms with Gasteiger partial charge < -0.3 is 15.2 Å². The van der Waals surface area contributed by atoms with Crippen LogP contribution in [-0.2, 0) is 6.61 Å². The van der Waals surface area contributed by atoms with E-state index in [4.69, 9.17) is 15.2 Å². The lowest BCUT2D eigenvalue weighted by Crippen LogP contribution is -2.09. The first-order chi connectivity index (χ1) is 10.0. The van der Waals surface area contributed by atoms with Gasteiger partial charge in [0.15, 0.2) is 0 Å². The predicted molar refractivity (Wildman–Crippen MR) is 82.5 cm³/mol. The third kappa shape index (κ3) is 3.76. The fraction of sp³-hybridized carbons (Fsp3) is 0.438.